The summed E-state index contributed by atoms with van der Waals surface area (Å²) >= 11 is 0. The monoisotopic (exact) mass is 287 g/mol. The highest BCUT2D eigenvalue weighted by molar-refractivity contribution is 5.86. The molecular formula is C13H25N3O4. The van der Waals surface area contributed by atoms with Gasteiger partial charge in [0.25, 0.3) is 0 Å². The third-order valence-electron chi connectivity index (χ3n) is 2.59. The SMILES string of the molecule is CC(C)CNC(=O)C(C)NC(=O)NC(C)CCC(=O)O. The number of carbonyl (C=O) groups excluding carboxylic acids is 2. The molecule has 2 unspecified atom stereocenters. The van der Waals surface area contributed by atoms with Crippen LogP contribution in [0.25, 0.3) is 0 Å². The van der Waals surface area contributed by atoms with Crippen molar-refractivity contribution in [3.63, 3.8) is 0 Å². The van der Waals surface area contributed by atoms with Crippen LogP contribution in [0.4, 0.5) is 4.79 Å². The van der Waals surface area contributed by atoms with Gasteiger partial charge in [0.15, 0.2) is 0 Å². The van der Waals surface area contributed by atoms with E-state index in [1.807, 2.05) is 13.8 Å². The highest BCUT2D eigenvalue weighted by Crippen LogP contribution is 1.96. The number of carbonyl (C=O) groups is 3. The van der Waals surface area contributed by atoms with E-state index in [-0.39, 0.29) is 18.4 Å². The number of carboxylic acids is 1. The predicted molar refractivity (Wildman–Crippen MR) is 75.3 cm³/mol. The second kappa shape index (κ2) is 9.17. The summed E-state index contributed by atoms with van der Waals surface area (Å²) in [5, 5.41) is 16.4. The van der Waals surface area contributed by atoms with E-state index in [4.69, 9.17) is 5.11 Å². The Kier molecular flexibility index (Phi) is 8.35. The van der Waals surface area contributed by atoms with Gasteiger partial charge >= 0.3 is 12.0 Å². The first kappa shape index (κ1) is 18.2. The van der Waals surface area contributed by atoms with Gasteiger partial charge < -0.3 is 21.1 Å². The van der Waals surface area contributed by atoms with E-state index in [1.165, 1.54) is 0 Å². The Morgan fingerprint density at radius 3 is 2.15 bits per heavy atom. The lowest BCUT2D eigenvalue weighted by Crippen LogP contribution is -2.50. The fourth-order valence-electron chi connectivity index (χ4n) is 1.40. The molecule has 0 aromatic carbocycles. The Labute approximate surface area is 119 Å². The lowest BCUT2D eigenvalue weighted by molar-refractivity contribution is -0.137. The summed E-state index contributed by atoms with van der Waals surface area (Å²) in [5.41, 5.74) is 0. The maximum absolute atomic E-state index is 11.7. The molecule has 3 amide bonds. The maximum atomic E-state index is 11.7. The Balaban J connectivity index is 4.00. The second-order valence-electron chi connectivity index (χ2n) is 5.31. The molecular weight excluding hydrogens is 262 g/mol. The van der Waals surface area contributed by atoms with Gasteiger partial charge in [0, 0.05) is 19.0 Å². The first-order chi connectivity index (χ1) is 9.22. The lowest BCUT2D eigenvalue weighted by atomic mass is 10.2. The fourth-order valence-corrected chi connectivity index (χ4v) is 1.40. The van der Waals surface area contributed by atoms with Crippen LogP contribution in [0.3, 0.4) is 0 Å². The number of hydrogen-bond donors (Lipinski definition) is 4. The second-order valence-corrected chi connectivity index (χ2v) is 5.31. The highest BCUT2D eigenvalue weighted by Gasteiger charge is 2.16. The summed E-state index contributed by atoms with van der Waals surface area (Å²) in [5.74, 6) is -0.802. The Bertz CT molecular complexity index is 345. The largest absolute Gasteiger partial charge is 0.481 e. The molecule has 7 nitrogen and oxygen atoms in total. The zero-order valence-electron chi connectivity index (χ0n) is 12.5. The van der Waals surface area contributed by atoms with E-state index in [9.17, 15) is 14.4 Å². The molecule has 0 aromatic rings. The van der Waals surface area contributed by atoms with Crippen LogP contribution in [0, 0.1) is 5.92 Å². The van der Waals surface area contributed by atoms with Gasteiger partial charge in [-0.05, 0) is 26.2 Å². The van der Waals surface area contributed by atoms with Gasteiger partial charge in [0.2, 0.25) is 5.91 Å². The molecule has 0 radical (unpaired) electrons. The molecule has 0 aliphatic rings. The van der Waals surface area contributed by atoms with E-state index in [0.29, 0.717) is 18.9 Å². The maximum Gasteiger partial charge on any atom is 0.315 e. The average molecular weight is 287 g/mol. The summed E-state index contributed by atoms with van der Waals surface area (Å²) in [6, 6.07) is -1.38. The molecule has 0 fully saturated rings. The van der Waals surface area contributed by atoms with Gasteiger partial charge in [-0.3, -0.25) is 9.59 Å². The van der Waals surface area contributed by atoms with Gasteiger partial charge in [0.05, 0.1) is 0 Å². The molecule has 0 aromatic heterocycles. The summed E-state index contributed by atoms with van der Waals surface area (Å²) < 4.78 is 0. The summed E-state index contributed by atoms with van der Waals surface area (Å²) in [6.07, 6.45) is 0.336. The zero-order valence-corrected chi connectivity index (χ0v) is 12.5. The third-order valence-corrected chi connectivity index (χ3v) is 2.59. The Morgan fingerprint density at radius 1 is 1.05 bits per heavy atom. The Hall–Kier alpha value is -1.79. The van der Waals surface area contributed by atoms with Crippen LogP contribution in [0.5, 0.6) is 0 Å². The van der Waals surface area contributed by atoms with E-state index in [1.54, 1.807) is 13.8 Å². The fraction of sp³-hybridized carbons (Fsp3) is 0.769. The summed E-state index contributed by atoms with van der Waals surface area (Å²) in [4.78, 5) is 33.7. The van der Waals surface area contributed by atoms with Crippen molar-refractivity contribution in [2.45, 2.75) is 52.6 Å². The van der Waals surface area contributed by atoms with Crippen molar-refractivity contribution in [2.75, 3.05) is 6.54 Å². The predicted octanol–water partition coefficient (Wildman–Crippen LogP) is 0.700. The molecule has 0 rings (SSSR count). The Morgan fingerprint density at radius 2 is 1.65 bits per heavy atom. The number of nitrogens with one attached hydrogen (secondary N) is 3. The first-order valence-electron chi connectivity index (χ1n) is 6.79. The van der Waals surface area contributed by atoms with Crippen molar-refractivity contribution in [3.05, 3.63) is 0 Å². The molecule has 0 bridgehead atoms. The van der Waals surface area contributed by atoms with Crippen molar-refractivity contribution >= 4 is 17.9 Å². The number of hydrogen-bond acceptors (Lipinski definition) is 3. The number of urea groups is 1. The van der Waals surface area contributed by atoms with Crippen molar-refractivity contribution in [2.24, 2.45) is 5.92 Å². The van der Waals surface area contributed by atoms with Gasteiger partial charge in [-0.2, -0.15) is 0 Å². The number of amides is 3. The van der Waals surface area contributed by atoms with Crippen LogP contribution >= 0.6 is 0 Å². The molecule has 0 saturated heterocycles. The lowest BCUT2D eigenvalue weighted by Gasteiger charge is -2.18. The molecule has 0 aliphatic heterocycles. The quantitative estimate of drug-likeness (QED) is 0.527. The van der Waals surface area contributed by atoms with Crippen molar-refractivity contribution in [1.82, 2.24) is 16.0 Å². The van der Waals surface area contributed by atoms with E-state index >= 15 is 0 Å². The molecule has 0 heterocycles. The van der Waals surface area contributed by atoms with Gasteiger partial charge in [-0.1, -0.05) is 13.8 Å². The molecule has 116 valence electrons. The number of aliphatic carboxylic acids is 1. The normalized spacial score (nSPS) is 13.4. The number of carboxylic acid groups (broad SMARTS) is 1. The van der Waals surface area contributed by atoms with Crippen molar-refractivity contribution in [3.8, 4) is 0 Å². The standard InChI is InChI=1S/C13H25N3O4/c1-8(2)7-14-12(19)10(4)16-13(20)15-9(3)5-6-11(17)18/h8-10H,5-7H2,1-4H3,(H,14,19)(H,17,18)(H2,15,16,20). The van der Waals surface area contributed by atoms with E-state index in [2.05, 4.69) is 16.0 Å². The molecule has 7 heteroatoms. The molecule has 0 aliphatic carbocycles. The summed E-state index contributed by atoms with van der Waals surface area (Å²) in [7, 11) is 0. The minimum absolute atomic E-state index is 0.00806. The molecule has 2 atom stereocenters. The number of rotatable bonds is 8. The van der Waals surface area contributed by atoms with Crippen LogP contribution in [0.2, 0.25) is 0 Å². The van der Waals surface area contributed by atoms with E-state index < -0.39 is 18.0 Å². The molecule has 0 spiro atoms. The molecule has 0 saturated carbocycles. The minimum Gasteiger partial charge on any atom is -0.481 e. The minimum atomic E-state index is -0.902. The van der Waals surface area contributed by atoms with Crippen LogP contribution in [0.15, 0.2) is 0 Å². The average Bonchev–Trinajstić information content (AvgIpc) is 2.32. The van der Waals surface area contributed by atoms with Gasteiger partial charge in [0.1, 0.15) is 6.04 Å². The highest BCUT2D eigenvalue weighted by atomic mass is 16.4. The topological polar surface area (TPSA) is 108 Å². The summed E-state index contributed by atoms with van der Waals surface area (Å²) in [6.45, 7) is 7.83. The van der Waals surface area contributed by atoms with Crippen LogP contribution in [0.1, 0.15) is 40.5 Å². The van der Waals surface area contributed by atoms with Gasteiger partial charge in [-0.15, -0.1) is 0 Å². The van der Waals surface area contributed by atoms with Crippen molar-refractivity contribution in [1.29, 1.82) is 0 Å². The first-order valence-corrected chi connectivity index (χ1v) is 6.79. The van der Waals surface area contributed by atoms with Gasteiger partial charge in [-0.25, -0.2) is 4.79 Å². The third kappa shape index (κ3) is 9.18. The van der Waals surface area contributed by atoms with Crippen LogP contribution in [-0.2, 0) is 9.59 Å². The molecule has 4 N–H and O–H groups in total. The molecule has 20 heavy (non-hydrogen) atoms. The van der Waals surface area contributed by atoms with E-state index in [0.717, 1.165) is 0 Å². The van der Waals surface area contributed by atoms with Crippen LogP contribution < -0.4 is 16.0 Å². The smallest absolute Gasteiger partial charge is 0.315 e. The van der Waals surface area contributed by atoms with Crippen molar-refractivity contribution < 1.29 is 19.5 Å². The zero-order chi connectivity index (χ0) is 15.7. The van der Waals surface area contributed by atoms with Crippen LogP contribution in [-0.4, -0.2) is 41.6 Å².